The molecule has 3 heteroatoms. The average molecular weight is 232 g/mol. The summed E-state index contributed by atoms with van der Waals surface area (Å²) in [7, 11) is 0. The predicted octanol–water partition coefficient (Wildman–Crippen LogP) is 3.05. The van der Waals surface area contributed by atoms with Gasteiger partial charge in [-0.05, 0) is 19.4 Å². The summed E-state index contributed by atoms with van der Waals surface area (Å²) >= 11 is 1.78. The van der Waals surface area contributed by atoms with Crippen molar-refractivity contribution in [1.29, 1.82) is 0 Å². The molecule has 1 aromatic heterocycles. The van der Waals surface area contributed by atoms with Gasteiger partial charge in [0.2, 0.25) is 0 Å². The van der Waals surface area contributed by atoms with Gasteiger partial charge in [-0.25, -0.2) is 4.98 Å². The molecule has 0 amide bonds. The van der Waals surface area contributed by atoms with Crippen LogP contribution in [0.2, 0.25) is 0 Å². The topological polar surface area (TPSA) is 24.9 Å². The second-order valence-corrected chi connectivity index (χ2v) is 5.13. The van der Waals surface area contributed by atoms with Gasteiger partial charge in [0.25, 0.3) is 0 Å². The maximum Gasteiger partial charge on any atom is 0.107 e. The van der Waals surface area contributed by atoms with Crippen molar-refractivity contribution in [1.82, 2.24) is 10.3 Å². The van der Waals surface area contributed by atoms with E-state index in [0.29, 0.717) is 0 Å². The molecular weight excluding hydrogens is 216 g/mol. The molecule has 1 N–H and O–H groups in total. The maximum atomic E-state index is 4.50. The fourth-order valence-corrected chi connectivity index (χ4v) is 2.43. The van der Waals surface area contributed by atoms with Crippen LogP contribution in [0.1, 0.15) is 21.1 Å². The highest BCUT2D eigenvalue weighted by atomic mass is 32.1. The number of rotatable bonds is 4. The van der Waals surface area contributed by atoms with Gasteiger partial charge in [-0.15, -0.1) is 11.3 Å². The van der Waals surface area contributed by atoms with Crippen LogP contribution in [0.5, 0.6) is 0 Å². The van der Waals surface area contributed by atoms with Crippen molar-refractivity contribution in [2.24, 2.45) is 0 Å². The van der Waals surface area contributed by atoms with Crippen molar-refractivity contribution >= 4 is 11.3 Å². The lowest BCUT2D eigenvalue weighted by molar-refractivity contribution is 0.689. The van der Waals surface area contributed by atoms with Crippen LogP contribution in [0.3, 0.4) is 0 Å². The van der Waals surface area contributed by atoms with E-state index in [1.807, 2.05) is 6.07 Å². The summed E-state index contributed by atoms with van der Waals surface area (Å²) in [6, 6.07) is 10.4. The smallest absolute Gasteiger partial charge is 0.107 e. The lowest BCUT2D eigenvalue weighted by Gasteiger charge is -2.01. The Balaban J connectivity index is 1.84. The van der Waals surface area contributed by atoms with E-state index in [4.69, 9.17) is 0 Å². The molecule has 2 nitrogen and oxygen atoms in total. The summed E-state index contributed by atoms with van der Waals surface area (Å²) in [6.07, 6.45) is 0. The minimum absolute atomic E-state index is 0.855. The van der Waals surface area contributed by atoms with Crippen LogP contribution in [-0.2, 0) is 13.1 Å². The number of nitrogens with zero attached hydrogens (tertiary/aromatic N) is 1. The summed E-state index contributed by atoms with van der Waals surface area (Å²) in [5.41, 5.74) is 2.47. The first kappa shape index (κ1) is 11.3. The van der Waals surface area contributed by atoms with E-state index in [9.17, 15) is 0 Å². The Bertz CT molecular complexity index is 429. The van der Waals surface area contributed by atoms with Crippen molar-refractivity contribution in [2.45, 2.75) is 26.9 Å². The molecule has 1 heterocycles. The molecule has 0 fully saturated rings. The monoisotopic (exact) mass is 232 g/mol. The number of thiazole rings is 1. The normalized spacial score (nSPS) is 10.6. The molecule has 0 bridgehead atoms. The summed E-state index contributed by atoms with van der Waals surface area (Å²) in [4.78, 5) is 5.81. The number of aromatic nitrogens is 1. The predicted molar refractivity (Wildman–Crippen MR) is 68.6 cm³/mol. The first-order valence-electron chi connectivity index (χ1n) is 5.43. The molecule has 0 atom stereocenters. The van der Waals surface area contributed by atoms with E-state index in [0.717, 1.165) is 18.8 Å². The van der Waals surface area contributed by atoms with Gasteiger partial charge in [-0.3, -0.25) is 0 Å². The third-order valence-electron chi connectivity index (χ3n) is 2.52. The van der Waals surface area contributed by atoms with Crippen LogP contribution in [0.4, 0.5) is 0 Å². The highest BCUT2D eigenvalue weighted by Gasteiger charge is 2.02. The maximum absolute atomic E-state index is 4.50. The van der Waals surface area contributed by atoms with Crippen molar-refractivity contribution < 1.29 is 0 Å². The van der Waals surface area contributed by atoms with E-state index in [-0.39, 0.29) is 0 Å². The molecule has 1 aromatic carbocycles. The molecule has 0 saturated heterocycles. The van der Waals surface area contributed by atoms with Gasteiger partial charge in [0, 0.05) is 18.0 Å². The largest absolute Gasteiger partial charge is 0.306 e. The quantitative estimate of drug-likeness (QED) is 0.876. The Morgan fingerprint density at radius 3 is 2.50 bits per heavy atom. The molecule has 84 valence electrons. The Kier molecular flexibility index (Phi) is 3.70. The molecule has 0 aliphatic heterocycles. The van der Waals surface area contributed by atoms with Crippen LogP contribution >= 0.6 is 11.3 Å². The van der Waals surface area contributed by atoms with Gasteiger partial charge in [0.05, 0.1) is 5.69 Å². The third-order valence-corrected chi connectivity index (χ3v) is 3.59. The lowest BCUT2D eigenvalue weighted by atomic mass is 10.2. The zero-order chi connectivity index (χ0) is 11.4. The zero-order valence-corrected chi connectivity index (χ0v) is 10.5. The minimum atomic E-state index is 0.855. The van der Waals surface area contributed by atoms with E-state index < -0.39 is 0 Å². The fourth-order valence-electron chi connectivity index (χ4n) is 1.52. The van der Waals surface area contributed by atoms with Gasteiger partial charge < -0.3 is 5.32 Å². The highest BCUT2D eigenvalue weighted by Crippen LogP contribution is 2.16. The van der Waals surface area contributed by atoms with Crippen LogP contribution in [0.25, 0.3) is 0 Å². The first-order chi connectivity index (χ1) is 7.75. The molecule has 0 aliphatic rings. The van der Waals surface area contributed by atoms with Crippen LogP contribution in [0, 0.1) is 13.8 Å². The average Bonchev–Trinajstić information content (AvgIpc) is 2.60. The van der Waals surface area contributed by atoms with Gasteiger partial charge in [0.1, 0.15) is 5.01 Å². The Morgan fingerprint density at radius 1 is 1.12 bits per heavy atom. The van der Waals surface area contributed by atoms with Crippen LogP contribution in [-0.4, -0.2) is 4.98 Å². The SMILES string of the molecule is Cc1nc(CNCc2ccccc2)sc1C. The standard InChI is InChI=1S/C13H16N2S/c1-10-11(2)16-13(15-10)9-14-8-12-6-4-3-5-7-12/h3-7,14H,8-9H2,1-2H3. The van der Waals surface area contributed by atoms with E-state index in [2.05, 4.69) is 48.4 Å². The van der Waals surface area contributed by atoms with Crippen LogP contribution < -0.4 is 5.32 Å². The Hall–Kier alpha value is -1.19. The lowest BCUT2D eigenvalue weighted by Crippen LogP contribution is -2.12. The number of benzene rings is 1. The summed E-state index contributed by atoms with van der Waals surface area (Å²) in [5.74, 6) is 0. The summed E-state index contributed by atoms with van der Waals surface area (Å²) < 4.78 is 0. The molecule has 2 aromatic rings. The molecule has 0 spiro atoms. The zero-order valence-electron chi connectivity index (χ0n) is 9.66. The highest BCUT2D eigenvalue weighted by molar-refractivity contribution is 7.11. The number of hydrogen-bond acceptors (Lipinski definition) is 3. The molecule has 0 unspecified atom stereocenters. The number of hydrogen-bond donors (Lipinski definition) is 1. The third kappa shape index (κ3) is 2.90. The number of aryl methyl sites for hydroxylation is 2. The molecule has 0 radical (unpaired) electrons. The van der Waals surface area contributed by atoms with Gasteiger partial charge >= 0.3 is 0 Å². The van der Waals surface area contributed by atoms with E-state index >= 15 is 0 Å². The Morgan fingerprint density at radius 2 is 1.88 bits per heavy atom. The second-order valence-electron chi connectivity index (χ2n) is 3.84. The first-order valence-corrected chi connectivity index (χ1v) is 6.25. The van der Waals surface area contributed by atoms with Gasteiger partial charge in [0.15, 0.2) is 0 Å². The van der Waals surface area contributed by atoms with Crippen molar-refractivity contribution in [3.05, 3.63) is 51.5 Å². The van der Waals surface area contributed by atoms with E-state index in [1.54, 1.807) is 11.3 Å². The summed E-state index contributed by atoms with van der Waals surface area (Å²) in [6.45, 7) is 5.94. The molecular formula is C13H16N2S. The van der Waals surface area contributed by atoms with Crippen molar-refractivity contribution in [3.8, 4) is 0 Å². The Labute approximate surface area is 100 Å². The van der Waals surface area contributed by atoms with Crippen LogP contribution in [0.15, 0.2) is 30.3 Å². The molecule has 0 saturated carbocycles. The van der Waals surface area contributed by atoms with Crippen molar-refractivity contribution in [3.63, 3.8) is 0 Å². The van der Waals surface area contributed by atoms with Gasteiger partial charge in [-0.1, -0.05) is 30.3 Å². The number of nitrogens with one attached hydrogen (secondary N) is 1. The second kappa shape index (κ2) is 5.23. The molecule has 16 heavy (non-hydrogen) atoms. The molecule has 2 rings (SSSR count). The van der Waals surface area contributed by atoms with Crippen molar-refractivity contribution in [2.75, 3.05) is 0 Å². The van der Waals surface area contributed by atoms with Gasteiger partial charge in [-0.2, -0.15) is 0 Å². The van der Waals surface area contributed by atoms with E-state index in [1.165, 1.54) is 15.4 Å². The summed E-state index contributed by atoms with van der Waals surface area (Å²) in [5, 5.41) is 4.58. The minimum Gasteiger partial charge on any atom is -0.306 e. The molecule has 0 aliphatic carbocycles. The fraction of sp³-hybridized carbons (Fsp3) is 0.308.